The summed E-state index contributed by atoms with van der Waals surface area (Å²) in [7, 11) is 0. The van der Waals surface area contributed by atoms with Crippen LogP contribution in [0.5, 0.6) is 0 Å². The van der Waals surface area contributed by atoms with Crippen molar-refractivity contribution in [1.29, 1.82) is 0 Å². The van der Waals surface area contributed by atoms with Crippen LogP contribution in [0.3, 0.4) is 0 Å². The van der Waals surface area contributed by atoms with Crippen molar-refractivity contribution in [3.63, 3.8) is 0 Å². The van der Waals surface area contributed by atoms with Gasteiger partial charge >= 0.3 is 0 Å². The van der Waals surface area contributed by atoms with Crippen LogP contribution in [0.15, 0.2) is 29.0 Å². The fraction of sp³-hybridized carbons (Fsp3) is 0.273. The molecule has 0 saturated carbocycles. The molecule has 0 amide bonds. The Labute approximate surface area is 93.7 Å². The lowest BCUT2D eigenvalue weighted by molar-refractivity contribution is 0.380. The van der Waals surface area contributed by atoms with Crippen LogP contribution in [0, 0.1) is 6.92 Å². The predicted octanol–water partition coefficient (Wildman–Crippen LogP) is 1.61. The van der Waals surface area contributed by atoms with Crippen molar-refractivity contribution >= 4 is 11.4 Å². The fourth-order valence-electron chi connectivity index (χ4n) is 1.50. The number of nitrogens with zero attached hydrogens (tertiary/aromatic N) is 2. The molecule has 1 aromatic carbocycles. The highest BCUT2D eigenvalue weighted by molar-refractivity contribution is 5.57. The summed E-state index contributed by atoms with van der Waals surface area (Å²) in [5.41, 5.74) is 8.66. The molecule has 84 valence electrons. The SMILES string of the molecule is Cc1cc(N)ccc1NCCc1ncno1. The van der Waals surface area contributed by atoms with E-state index in [1.807, 2.05) is 25.1 Å². The van der Waals surface area contributed by atoms with Gasteiger partial charge in [0, 0.05) is 24.3 Å². The van der Waals surface area contributed by atoms with Crippen molar-refractivity contribution in [3.05, 3.63) is 36.0 Å². The van der Waals surface area contributed by atoms with Gasteiger partial charge in [-0.15, -0.1) is 0 Å². The van der Waals surface area contributed by atoms with E-state index in [4.69, 9.17) is 10.3 Å². The fourth-order valence-corrected chi connectivity index (χ4v) is 1.50. The van der Waals surface area contributed by atoms with E-state index in [2.05, 4.69) is 15.5 Å². The number of nitrogen functional groups attached to an aromatic ring is 1. The number of benzene rings is 1. The average molecular weight is 218 g/mol. The molecule has 0 atom stereocenters. The largest absolute Gasteiger partial charge is 0.399 e. The van der Waals surface area contributed by atoms with Gasteiger partial charge in [-0.1, -0.05) is 5.16 Å². The van der Waals surface area contributed by atoms with Gasteiger partial charge in [-0.2, -0.15) is 4.98 Å². The van der Waals surface area contributed by atoms with E-state index in [1.54, 1.807) is 0 Å². The normalized spacial score (nSPS) is 10.3. The summed E-state index contributed by atoms with van der Waals surface area (Å²) < 4.78 is 4.90. The van der Waals surface area contributed by atoms with E-state index in [0.717, 1.165) is 23.5 Å². The minimum Gasteiger partial charge on any atom is -0.399 e. The lowest BCUT2D eigenvalue weighted by Crippen LogP contribution is -2.06. The zero-order chi connectivity index (χ0) is 11.4. The van der Waals surface area contributed by atoms with Crippen LogP contribution >= 0.6 is 0 Å². The van der Waals surface area contributed by atoms with E-state index < -0.39 is 0 Å². The average Bonchev–Trinajstić information content (AvgIpc) is 2.74. The number of hydrogen-bond acceptors (Lipinski definition) is 5. The molecule has 16 heavy (non-hydrogen) atoms. The van der Waals surface area contributed by atoms with Gasteiger partial charge in [-0.05, 0) is 30.7 Å². The molecule has 1 aromatic heterocycles. The van der Waals surface area contributed by atoms with Gasteiger partial charge in [-0.25, -0.2) is 0 Å². The summed E-state index contributed by atoms with van der Waals surface area (Å²) in [6.07, 6.45) is 2.12. The highest BCUT2D eigenvalue weighted by atomic mass is 16.5. The molecule has 0 aliphatic rings. The van der Waals surface area contributed by atoms with Crippen molar-refractivity contribution in [2.75, 3.05) is 17.6 Å². The maximum atomic E-state index is 5.67. The van der Waals surface area contributed by atoms with Gasteiger partial charge in [-0.3, -0.25) is 0 Å². The summed E-state index contributed by atoms with van der Waals surface area (Å²) in [5, 5.41) is 6.84. The Kier molecular flexibility index (Phi) is 3.05. The third-order valence-electron chi connectivity index (χ3n) is 2.31. The second-order valence-corrected chi connectivity index (χ2v) is 3.59. The first-order valence-corrected chi connectivity index (χ1v) is 5.11. The van der Waals surface area contributed by atoms with Crippen LogP contribution in [-0.2, 0) is 6.42 Å². The molecule has 1 heterocycles. The number of rotatable bonds is 4. The Hall–Kier alpha value is -2.04. The lowest BCUT2D eigenvalue weighted by Gasteiger charge is -2.08. The molecule has 0 aliphatic carbocycles. The number of aromatic nitrogens is 2. The topological polar surface area (TPSA) is 77.0 Å². The summed E-state index contributed by atoms with van der Waals surface area (Å²) in [4.78, 5) is 3.95. The predicted molar refractivity (Wildman–Crippen MR) is 62.1 cm³/mol. The Morgan fingerprint density at radius 1 is 1.44 bits per heavy atom. The van der Waals surface area contributed by atoms with E-state index in [0.29, 0.717) is 12.3 Å². The maximum absolute atomic E-state index is 5.67. The molecule has 2 aromatic rings. The molecule has 5 nitrogen and oxygen atoms in total. The monoisotopic (exact) mass is 218 g/mol. The minimum atomic E-state index is 0.639. The van der Waals surface area contributed by atoms with Crippen LogP contribution in [0.2, 0.25) is 0 Å². The highest BCUT2D eigenvalue weighted by Gasteiger charge is 2.00. The first-order chi connectivity index (χ1) is 7.75. The van der Waals surface area contributed by atoms with Gasteiger partial charge < -0.3 is 15.6 Å². The molecular weight excluding hydrogens is 204 g/mol. The molecule has 5 heteroatoms. The molecule has 0 bridgehead atoms. The lowest BCUT2D eigenvalue weighted by atomic mass is 10.2. The zero-order valence-electron chi connectivity index (χ0n) is 9.10. The summed E-state index contributed by atoms with van der Waals surface area (Å²) in [6, 6.07) is 5.79. The molecular formula is C11H14N4O. The van der Waals surface area contributed by atoms with Crippen molar-refractivity contribution in [3.8, 4) is 0 Å². The first kappa shape index (κ1) is 10.5. The van der Waals surface area contributed by atoms with Crippen molar-refractivity contribution in [1.82, 2.24) is 10.1 Å². The smallest absolute Gasteiger partial charge is 0.228 e. The van der Waals surface area contributed by atoms with Crippen LogP contribution < -0.4 is 11.1 Å². The second-order valence-electron chi connectivity index (χ2n) is 3.59. The molecule has 3 N–H and O–H groups in total. The number of nitrogens with two attached hydrogens (primary N) is 1. The van der Waals surface area contributed by atoms with Gasteiger partial charge in [0.25, 0.3) is 0 Å². The van der Waals surface area contributed by atoms with Gasteiger partial charge in [0.05, 0.1) is 0 Å². The van der Waals surface area contributed by atoms with Gasteiger partial charge in [0.1, 0.15) is 0 Å². The molecule has 0 saturated heterocycles. The summed E-state index contributed by atoms with van der Waals surface area (Å²) >= 11 is 0. The first-order valence-electron chi connectivity index (χ1n) is 5.11. The standard InChI is InChI=1S/C11H14N4O/c1-8-6-9(12)2-3-10(8)13-5-4-11-14-7-15-16-11/h2-3,6-7,13H,4-5,12H2,1H3. The number of anilines is 2. The van der Waals surface area contributed by atoms with Gasteiger partial charge in [0.15, 0.2) is 6.33 Å². The van der Waals surface area contributed by atoms with E-state index in [-0.39, 0.29) is 0 Å². The number of hydrogen-bond donors (Lipinski definition) is 2. The van der Waals surface area contributed by atoms with Crippen molar-refractivity contribution in [2.24, 2.45) is 0 Å². The zero-order valence-corrected chi connectivity index (χ0v) is 9.10. The highest BCUT2D eigenvalue weighted by Crippen LogP contribution is 2.17. The van der Waals surface area contributed by atoms with E-state index in [9.17, 15) is 0 Å². The van der Waals surface area contributed by atoms with Crippen LogP contribution in [0.25, 0.3) is 0 Å². The van der Waals surface area contributed by atoms with Crippen molar-refractivity contribution in [2.45, 2.75) is 13.3 Å². The van der Waals surface area contributed by atoms with Crippen LogP contribution in [-0.4, -0.2) is 16.7 Å². The Morgan fingerprint density at radius 3 is 3.00 bits per heavy atom. The van der Waals surface area contributed by atoms with Crippen molar-refractivity contribution < 1.29 is 4.52 Å². The summed E-state index contributed by atoms with van der Waals surface area (Å²) in [5.74, 6) is 0.639. The number of aryl methyl sites for hydroxylation is 1. The number of nitrogens with one attached hydrogen (secondary N) is 1. The molecule has 0 unspecified atom stereocenters. The third-order valence-corrected chi connectivity index (χ3v) is 2.31. The molecule has 0 fully saturated rings. The Bertz CT molecular complexity index is 453. The molecule has 2 rings (SSSR count). The van der Waals surface area contributed by atoms with E-state index >= 15 is 0 Å². The molecule has 0 aliphatic heterocycles. The van der Waals surface area contributed by atoms with Gasteiger partial charge in [0.2, 0.25) is 5.89 Å². The van der Waals surface area contributed by atoms with E-state index in [1.165, 1.54) is 6.33 Å². The Morgan fingerprint density at radius 2 is 2.31 bits per heavy atom. The van der Waals surface area contributed by atoms with Crippen LogP contribution in [0.4, 0.5) is 11.4 Å². The Balaban J connectivity index is 1.90. The van der Waals surface area contributed by atoms with Crippen LogP contribution in [0.1, 0.15) is 11.5 Å². The maximum Gasteiger partial charge on any atom is 0.228 e. The quantitative estimate of drug-likeness (QED) is 0.762. The minimum absolute atomic E-state index is 0.639. The summed E-state index contributed by atoms with van der Waals surface area (Å²) in [6.45, 7) is 2.78. The second kappa shape index (κ2) is 4.65. The molecule has 0 spiro atoms. The molecule has 0 radical (unpaired) electrons. The third kappa shape index (κ3) is 2.50.